The number of nitrogens with one attached hydrogen (secondary N) is 2. The third-order valence-electron chi connectivity index (χ3n) is 5.42. The molecule has 4 rings (SSSR count). The number of ether oxygens (including phenoxy) is 1. The lowest BCUT2D eigenvalue weighted by atomic mass is 10.1. The summed E-state index contributed by atoms with van der Waals surface area (Å²) in [4.78, 5) is 28.7. The number of hydrogen-bond acceptors (Lipinski definition) is 5. The number of esters is 1. The molecule has 0 bridgehead atoms. The number of aromatic amines is 1. The molecule has 0 radical (unpaired) electrons. The number of aromatic nitrogens is 1. The first kappa shape index (κ1) is 20.2. The first-order valence-electron chi connectivity index (χ1n) is 10.2. The van der Waals surface area contributed by atoms with Crippen LogP contribution < -0.4 is 5.32 Å². The van der Waals surface area contributed by atoms with E-state index >= 15 is 0 Å². The Bertz CT molecular complexity index is 1120. The Hall–Kier alpha value is -3.11. The normalized spacial score (nSPS) is 13.3. The number of rotatable bonds is 6. The second-order valence-electron chi connectivity index (χ2n) is 7.45. The molecule has 30 heavy (non-hydrogen) atoms. The molecule has 3 aromatic rings. The summed E-state index contributed by atoms with van der Waals surface area (Å²) < 4.78 is 5.14. The zero-order chi connectivity index (χ0) is 20.9. The molecule has 0 saturated carbocycles. The molecule has 1 aliphatic rings. The molecule has 1 amide bonds. The van der Waals surface area contributed by atoms with E-state index in [1.54, 1.807) is 0 Å². The van der Waals surface area contributed by atoms with Crippen molar-refractivity contribution >= 4 is 39.1 Å². The maximum absolute atomic E-state index is 12.3. The third-order valence-corrected chi connectivity index (χ3v) is 6.63. The van der Waals surface area contributed by atoms with Gasteiger partial charge in [0.05, 0.1) is 5.56 Å². The number of nitriles is 1. The molecule has 0 aliphatic heterocycles. The van der Waals surface area contributed by atoms with Crippen LogP contribution in [-0.2, 0) is 33.6 Å². The van der Waals surface area contributed by atoms with Crippen LogP contribution in [-0.4, -0.2) is 23.5 Å². The van der Waals surface area contributed by atoms with Gasteiger partial charge in [-0.15, -0.1) is 11.3 Å². The van der Waals surface area contributed by atoms with Crippen LogP contribution in [0.15, 0.2) is 30.5 Å². The molecule has 0 atom stereocenters. The zero-order valence-corrected chi connectivity index (χ0v) is 17.4. The Kier molecular flexibility index (Phi) is 6.15. The molecule has 0 unspecified atom stereocenters. The molecular formula is C23H23N3O3S. The fourth-order valence-electron chi connectivity index (χ4n) is 3.91. The van der Waals surface area contributed by atoms with Gasteiger partial charge in [-0.3, -0.25) is 9.59 Å². The fraction of sp³-hybridized carbons (Fsp3) is 0.348. The number of aryl methyl sites for hydroxylation is 2. The number of thiophene rings is 1. The largest absolute Gasteiger partial charge is 0.456 e. The van der Waals surface area contributed by atoms with E-state index < -0.39 is 11.9 Å². The summed E-state index contributed by atoms with van der Waals surface area (Å²) in [5.74, 6) is -0.832. The molecule has 1 aliphatic carbocycles. The molecule has 6 nitrogen and oxygen atoms in total. The molecule has 7 heteroatoms. The third kappa shape index (κ3) is 4.39. The standard InChI is InChI=1S/C23H23N3O3S/c24-12-18-17-7-2-1-3-9-20(17)30-23(18)26-21(27)14-29-22(28)11-10-15-13-25-19-8-5-4-6-16(15)19/h4-6,8,13,25H,1-3,7,9-11,14H2,(H,26,27). The second kappa shape index (κ2) is 9.14. The van der Waals surface area contributed by atoms with Gasteiger partial charge in [-0.1, -0.05) is 24.6 Å². The number of benzene rings is 1. The lowest BCUT2D eigenvalue weighted by Crippen LogP contribution is -2.21. The van der Waals surface area contributed by atoms with Crippen LogP contribution in [0.2, 0.25) is 0 Å². The van der Waals surface area contributed by atoms with Crippen LogP contribution in [0.4, 0.5) is 5.00 Å². The summed E-state index contributed by atoms with van der Waals surface area (Å²) in [6, 6.07) is 10.2. The average molecular weight is 422 g/mol. The molecule has 0 spiro atoms. The van der Waals surface area contributed by atoms with E-state index in [1.165, 1.54) is 22.6 Å². The maximum Gasteiger partial charge on any atom is 0.306 e. The van der Waals surface area contributed by atoms with Crippen molar-refractivity contribution in [2.75, 3.05) is 11.9 Å². The zero-order valence-electron chi connectivity index (χ0n) is 16.6. The van der Waals surface area contributed by atoms with Crippen molar-refractivity contribution in [2.45, 2.75) is 44.9 Å². The number of nitrogens with zero attached hydrogens (tertiary/aromatic N) is 1. The number of fused-ring (bicyclic) bond motifs is 2. The summed E-state index contributed by atoms with van der Waals surface area (Å²) in [7, 11) is 0. The van der Waals surface area contributed by atoms with E-state index in [2.05, 4.69) is 16.4 Å². The Balaban J connectivity index is 1.30. The van der Waals surface area contributed by atoms with Gasteiger partial charge < -0.3 is 15.0 Å². The number of H-pyrrole nitrogens is 1. The Morgan fingerprint density at radius 1 is 1.20 bits per heavy atom. The molecule has 2 aromatic heterocycles. The molecule has 2 heterocycles. The van der Waals surface area contributed by atoms with Crippen LogP contribution in [0.5, 0.6) is 0 Å². The molecule has 0 saturated heterocycles. The van der Waals surface area contributed by atoms with Crippen molar-refractivity contribution in [1.29, 1.82) is 5.26 Å². The Labute approximate surface area is 178 Å². The summed E-state index contributed by atoms with van der Waals surface area (Å²) in [6.45, 7) is -0.347. The highest BCUT2D eigenvalue weighted by Gasteiger charge is 2.21. The quantitative estimate of drug-likeness (QED) is 0.453. The average Bonchev–Trinajstić information content (AvgIpc) is 3.23. The van der Waals surface area contributed by atoms with Crippen molar-refractivity contribution in [3.05, 3.63) is 52.0 Å². The lowest BCUT2D eigenvalue weighted by Gasteiger charge is -2.06. The van der Waals surface area contributed by atoms with Gasteiger partial charge in [0.2, 0.25) is 0 Å². The highest BCUT2D eigenvalue weighted by molar-refractivity contribution is 7.16. The molecular weight excluding hydrogens is 398 g/mol. The predicted octanol–water partition coefficient (Wildman–Crippen LogP) is 4.48. The van der Waals surface area contributed by atoms with Gasteiger partial charge in [-0.25, -0.2) is 0 Å². The minimum atomic E-state index is -0.419. The minimum absolute atomic E-state index is 0.200. The monoisotopic (exact) mass is 421 g/mol. The van der Waals surface area contributed by atoms with Crippen LogP contribution in [0.25, 0.3) is 10.9 Å². The molecule has 154 valence electrons. The maximum atomic E-state index is 12.3. The number of anilines is 1. The molecule has 2 N–H and O–H groups in total. The van der Waals surface area contributed by atoms with Crippen LogP contribution in [0.3, 0.4) is 0 Å². The van der Waals surface area contributed by atoms with E-state index in [1.807, 2.05) is 30.5 Å². The van der Waals surface area contributed by atoms with E-state index in [0.29, 0.717) is 17.0 Å². The van der Waals surface area contributed by atoms with Gasteiger partial charge in [0.1, 0.15) is 11.1 Å². The van der Waals surface area contributed by atoms with Gasteiger partial charge in [0.15, 0.2) is 6.61 Å². The van der Waals surface area contributed by atoms with Gasteiger partial charge in [0.25, 0.3) is 5.91 Å². The highest BCUT2D eigenvalue weighted by Crippen LogP contribution is 2.36. The van der Waals surface area contributed by atoms with Crippen molar-refractivity contribution in [3.63, 3.8) is 0 Å². The van der Waals surface area contributed by atoms with Crippen molar-refractivity contribution in [1.82, 2.24) is 4.98 Å². The van der Waals surface area contributed by atoms with Crippen LogP contribution in [0, 0.1) is 11.3 Å². The predicted molar refractivity (Wildman–Crippen MR) is 117 cm³/mol. The first-order valence-corrected chi connectivity index (χ1v) is 11.0. The topological polar surface area (TPSA) is 95.0 Å². The lowest BCUT2D eigenvalue weighted by molar-refractivity contribution is -0.147. The summed E-state index contributed by atoms with van der Waals surface area (Å²) in [5.41, 5.74) is 3.72. The van der Waals surface area contributed by atoms with Gasteiger partial charge in [-0.05, 0) is 49.3 Å². The molecule has 0 fully saturated rings. The minimum Gasteiger partial charge on any atom is -0.456 e. The van der Waals surface area contributed by atoms with Gasteiger partial charge in [-0.2, -0.15) is 5.26 Å². The van der Waals surface area contributed by atoms with Crippen LogP contribution in [0.1, 0.15) is 47.3 Å². The van der Waals surface area contributed by atoms with E-state index in [0.717, 1.165) is 47.7 Å². The Morgan fingerprint density at radius 3 is 2.90 bits per heavy atom. The van der Waals surface area contributed by atoms with Crippen molar-refractivity contribution < 1.29 is 14.3 Å². The van der Waals surface area contributed by atoms with E-state index in [4.69, 9.17) is 4.74 Å². The SMILES string of the molecule is N#Cc1c(NC(=O)COC(=O)CCc2c[nH]c3ccccc23)sc2c1CCCCC2. The smallest absolute Gasteiger partial charge is 0.306 e. The van der Waals surface area contributed by atoms with Crippen molar-refractivity contribution in [2.24, 2.45) is 0 Å². The van der Waals surface area contributed by atoms with Gasteiger partial charge >= 0.3 is 5.97 Å². The van der Waals surface area contributed by atoms with Crippen LogP contribution >= 0.6 is 11.3 Å². The number of carbonyl (C=O) groups is 2. The Morgan fingerprint density at radius 2 is 2.03 bits per heavy atom. The second-order valence-corrected chi connectivity index (χ2v) is 8.55. The number of para-hydroxylation sites is 1. The number of amides is 1. The summed E-state index contributed by atoms with van der Waals surface area (Å²) in [5, 5.41) is 14.0. The highest BCUT2D eigenvalue weighted by atomic mass is 32.1. The van der Waals surface area contributed by atoms with E-state index in [-0.39, 0.29) is 13.0 Å². The fourth-order valence-corrected chi connectivity index (χ4v) is 5.16. The summed E-state index contributed by atoms with van der Waals surface area (Å²) >= 11 is 1.47. The van der Waals surface area contributed by atoms with Gasteiger partial charge in [0, 0.05) is 28.4 Å². The number of carbonyl (C=O) groups excluding carboxylic acids is 2. The first-order chi connectivity index (χ1) is 14.7. The summed E-state index contributed by atoms with van der Waals surface area (Å²) in [6.07, 6.45) is 7.82. The van der Waals surface area contributed by atoms with E-state index in [9.17, 15) is 14.9 Å². The number of hydrogen-bond donors (Lipinski definition) is 2. The molecule has 1 aromatic carbocycles. The van der Waals surface area contributed by atoms with Crippen molar-refractivity contribution in [3.8, 4) is 6.07 Å².